The second kappa shape index (κ2) is 5.29. The number of ether oxygens (including phenoxy) is 3. The largest absolute Gasteiger partial charge is 0.497 e. The smallest absolute Gasteiger partial charge is 0.195 e. The fraction of sp³-hybridized carbons (Fsp3) is 0.600. The van der Waals surface area contributed by atoms with Crippen molar-refractivity contribution in [1.82, 2.24) is 0 Å². The highest BCUT2D eigenvalue weighted by atomic mass is 16.7. The Bertz CT molecular complexity index is 397. The maximum absolute atomic E-state index is 5.94. The van der Waals surface area contributed by atoms with E-state index in [2.05, 4.69) is 20.8 Å². The molecule has 18 heavy (non-hydrogen) atoms. The normalized spacial score (nSPS) is 18.0. The van der Waals surface area contributed by atoms with Gasteiger partial charge in [0.15, 0.2) is 5.79 Å². The molecule has 1 aromatic carbocycles. The van der Waals surface area contributed by atoms with Crippen LogP contribution in [0.3, 0.4) is 0 Å². The van der Waals surface area contributed by atoms with Gasteiger partial charge in [-0.1, -0.05) is 13.3 Å². The fourth-order valence-electron chi connectivity index (χ4n) is 2.84. The van der Waals surface area contributed by atoms with E-state index < -0.39 is 5.79 Å². The molecule has 0 aromatic heterocycles. The minimum Gasteiger partial charge on any atom is -0.497 e. The summed E-state index contributed by atoms with van der Waals surface area (Å²) in [5, 5.41) is 0. The Morgan fingerprint density at radius 3 is 2.17 bits per heavy atom. The van der Waals surface area contributed by atoms with Crippen LogP contribution in [0.15, 0.2) is 12.1 Å². The second-order valence-corrected chi connectivity index (χ2v) is 4.84. The summed E-state index contributed by atoms with van der Waals surface area (Å²) < 4.78 is 17.2. The highest BCUT2D eigenvalue weighted by molar-refractivity contribution is 5.43. The molecule has 0 spiro atoms. The Balaban J connectivity index is 2.48. The average molecular weight is 250 g/mol. The van der Waals surface area contributed by atoms with Crippen LogP contribution in [0.4, 0.5) is 0 Å². The number of methoxy groups -OCH3 is 1. The molecule has 0 N–H and O–H groups in total. The van der Waals surface area contributed by atoms with Crippen LogP contribution in [-0.2, 0) is 15.3 Å². The van der Waals surface area contributed by atoms with Crippen LogP contribution >= 0.6 is 0 Å². The number of hydrogen-bond donors (Lipinski definition) is 0. The summed E-state index contributed by atoms with van der Waals surface area (Å²) in [7, 11) is 1.69. The van der Waals surface area contributed by atoms with Gasteiger partial charge in [0.25, 0.3) is 0 Å². The van der Waals surface area contributed by atoms with Gasteiger partial charge < -0.3 is 14.2 Å². The van der Waals surface area contributed by atoms with Gasteiger partial charge in [0.2, 0.25) is 0 Å². The molecular weight excluding hydrogens is 228 g/mol. The molecule has 100 valence electrons. The van der Waals surface area contributed by atoms with Crippen molar-refractivity contribution in [2.75, 3.05) is 20.3 Å². The molecule has 0 radical (unpaired) electrons. The van der Waals surface area contributed by atoms with Crippen molar-refractivity contribution < 1.29 is 14.2 Å². The van der Waals surface area contributed by atoms with Crippen LogP contribution < -0.4 is 4.74 Å². The highest BCUT2D eigenvalue weighted by Crippen LogP contribution is 2.40. The van der Waals surface area contributed by atoms with Gasteiger partial charge in [-0.15, -0.1) is 0 Å². The monoisotopic (exact) mass is 250 g/mol. The van der Waals surface area contributed by atoms with Crippen LogP contribution in [0.2, 0.25) is 0 Å². The van der Waals surface area contributed by atoms with Gasteiger partial charge in [-0.2, -0.15) is 0 Å². The first-order valence-corrected chi connectivity index (χ1v) is 6.56. The molecule has 0 unspecified atom stereocenters. The van der Waals surface area contributed by atoms with E-state index in [1.165, 1.54) is 16.7 Å². The Labute approximate surface area is 109 Å². The molecule has 1 saturated heterocycles. The van der Waals surface area contributed by atoms with Crippen LogP contribution in [0.1, 0.15) is 36.5 Å². The van der Waals surface area contributed by atoms with Crippen molar-refractivity contribution in [3.05, 3.63) is 28.8 Å². The van der Waals surface area contributed by atoms with Gasteiger partial charge in [0.05, 0.1) is 20.3 Å². The lowest BCUT2D eigenvalue weighted by atomic mass is 9.92. The number of benzene rings is 1. The van der Waals surface area contributed by atoms with Crippen molar-refractivity contribution >= 4 is 0 Å². The lowest BCUT2D eigenvalue weighted by Crippen LogP contribution is -2.29. The highest BCUT2D eigenvalue weighted by Gasteiger charge is 2.40. The molecule has 1 fully saturated rings. The maximum Gasteiger partial charge on any atom is 0.195 e. The first-order valence-electron chi connectivity index (χ1n) is 6.56. The molecule has 0 saturated carbocycles. The van der Waals surface area contributed by atoms with E-state index in [-0.39, 0.29) is 0 Å². The van der Waals surface area contributed by atoms with Crippen LogP contribution in [0.25, 0.3) is 0 Å². The molecular formula is C15H22O3. The fourth-order valence-corrected chi connectivity index (χ4v) is 2.84. The minimum absolute atomic E-state index is 0.546. The van der Waals surface area contributed by atoms with E-state index in [9.17, 15) is 0 Å². The Hall–Kier alpha value is -1.06. The first kappa shape index (κ1) is 13.4. The number of hydrogen-bond acceptors (Lipinski definition) is 3. The topological polar surface area (TPSA) is 27.7 Å². The molecule has 3 nitrogen and oxygen atoms in total. The van der Waals surface area contributed by atoms with Gasteiger partial charge in [-0.25, -0.2) is 0 Å². The Kier molecular flexibility index (Phi) is 3.93. The van der Waals surface area contributed by atoms with Crippen molar-refractivity contribution in [2.45, 2.75) is 39.4 Å². The molecule has 0 aliphatic carbocycles. The quantitative estimate of drug-likeness (QED) is 0.820. The molecule has 1 aliphatic heterocycles. The summed E-state index contributed by atoms with van der Waals surface area (Å²) in [6, 6.07) is 4.09. The zero-order valence-electron chi connectivity index (χ0n) is 11.7. The van der Waals surface area contributed by atoms with Crippen molar-refractivity contribution in [1.29, 1.82) is 0 Å². The second-order valence-electron chi connectivity index (χ2n) is 4.84. The standard InChI is InChI=1S/C15H22O3/c1-5-6-15(17-7-8-18-15)14-11(2)9-13(16-4)10-12(14)3/h9-10H,5-8H2,1-4H3. The van der Waals surface area contributed by atoms with Gasteiger partial charge in [0.1, 0.15) is 5.75 Å². The average Bonchev–Trinajstić information content (AvgIpc) is 2.77. The van der Waals surface area contributed by atoms with Gasteiger partial charge in [0, 0.05) is 12.0 Å². The predicted molar refractivity (Wildman–Crippen MR) is 71.0 cm³/mol. The summed E-state index contributed by atoms with van der Waals surface area (Å²) in [5.41, 5.74) is 3.51. The third-order valence-corrected chi connectivity index (χ3v) is 3.46. The summed E-state index contributed by atoms with van der Waals surface area (Å²) in [4.78, 5) is 0. The van der Waals surface area contributed by atoms with Crippen LogP contribution in [-0.4, -0.2) is 20.3 Å². The van der Waals surface area contributed by atoms with Crippen molar-refractivity contribution in [3.63, 3.8) is 0 Å². The van der Waals surface area contributed by atoms with E-state index in [0.717, 1.165) is 18.6 Å². The van der Waals surface area contributed by atoms with E-state index in [4.69, 9.17) is 14.2 Å². The lowest BCUT2D eigenvalue weighted by Gasteiger charge is -2.31. The van der Waals surface area contributed by atoms with E-state index in [1.807, 2.05) is 12.1 Å². The Morgan fingerprint density at radius 1 is 1.17 bits per heavy atom. The van der Waals surface area contributed by atoms with E-state index >= 15 is 0 Å². The molecule has 1 aromatic rings. The SMILES string of the molecule is CCCC1(c2c(C)cc(OC)cc2C)OCCO1. The molecule has 3 heteroatoms. The Morgan fingerprint density at radius 2 is 1.72 bits per heavy atom. The zero-order chi connectivity index (χ0) is 13.2. The molecule has 0 atom stereocenters. The van der Waals surface area contributed by atoms with Crippen molar-refractivity contribution in [3.8, 4) is 5.75 Å². The van der Waals surface area contributed by atoms with Crippen LogP contribution in [0, 0.1) is 13.8 Å². The van der Waals surface area contributed by atoms with Gasteiger partial charge in [-0.3, -0.25) is 0 Å². The van der Waals surface area contributed by atoms with Crippen LogP contribution in [0.5, 0.6) is 5.75 Å². The minimum atomic E-state index is -0.546. The van der Waals surface area contributed by atoms with E-state index in [0.29, 0.717) is 13.2 Å². The maximum atomic E-state index is 5.94. The predicted octanol–water partition coefficient (Wildman–Crippen LogP) is 3.31. The molecule has 1 heterocycles. The molecule has 2 rings (SSSR count). The molecule has 0 amide bonds. The van der Waals surface area contributed by atoms with Gasteiger partial charge >= 0.3 is 0 Å². The third-order valence-electron chi connectivity index (χ3n) is 3.46. The summed E-state index contributed by atoms with van der Waals surface area (Å²) in [5.74, 6) is 0.341. The molecule has 0 bridgehead atoms. The first-order chi connectivity index (χ1) is 8.63. The zero-order valence-corrected chi connectivity index (χ0v) is 11.7. The summed E-state index contributed by atoms with van der Waals surface area (Å²) in [6.45, 7) is 7.68. The summed E-state index contributed by atoms with van der Waals surface area (Å²) >= 11 is 0. The third kappa shape index (κ3) is 2.25. The molecule has 1 aliphatic rings. The van der Waals surface area contributed by atoms with Gasteiger partial charge in [-0.05, 0) is 37.1 Å². The summed E-state index contributed by atoms with van der Waals surface area (Å²) in [6.07, 6.45) is 1.92. The van der Waals surface area contributed by atoms with Crippen molar-refractivity contribution in [2.24, 2.45) is 0 Å². The lowest BCUT2D eigenvalue weighted by molar-refractivity contribution is -0.171. The number of rotatable bonds is 4. The number of aryl methyl sites for hydroxylation is 2. The van der Waals surface area contributed by atoms with E-state index in [1.54, 1.807) is 7.11 Å².